The average molecular weight is 249 g/mol. The van der Waals surface area contributed by atoms with Crippen LogP contribution in [0.3, 0.4) is 0 Å². The quantitative estimate of drug-likeness (QED) is 0.496. The first-order valence-electron chi connectivity index (χ1n) is 3.87. The molecule has 5 N–H and O–H groups in total. The Morgan fingerprint density at radius 1 is 0.800 bits per heavy atom. The van der Waals surface area contributed by atoms with E-state index in [-0.39, 0.29) is 24.8 Å². The van der Waals surface area contributed by atoms with Crippen LogP contribution in [0.5, 0.6) is 0 Å². The third-order valence-electron chi connectivity index (χ3n) is 1.82. The van der Waals surface area contributed by atoms with Crippen LogP contribution >= 0.6 is 24.8 Å². The highest BCUT2D eigenvalue weighted by Crippen LogP contribution is 2.19. The third kappa shape index (κ3) is 3.93. The molecule has 0 heterocycles. The van der Waals surface area contributed by atoms with Crippen LogP contribution < -0.4 is 11.6 Å². The first-order chi connectivity index (χ1) is 6.38. The van der Waals surface area contributed by atoms with Crippen molar-refractivity contribution in [2.24, 2.45) is 5.90 Å². The Balaban J connectivity index is 0. The molecule has 0 radical (unpaired) electrons. The van der Waals surface area contributed by atoms with Gasteiger partial charge in [0.15, 0.2) is 0 Å². The Morgan fingerprint density at radius 2 is 1.33 bits per heavy atom. The van der Waals surface area contributed by atoms with Gasteiger partial charge in [0.05, 0.1) is 0 Å². The van der Waals surface area contributed by atoms with Crippen molar-refractivity contribution in [3.05, 3.63) is 42.5 Å². The Kier molecular flexibility index (Phi) is 9.11. The van der Waals surface area contributed by atoms with Gasteiger partial charge in [-0.3, -0.25) is 0 Å². The highest BCUT2D eigenvalue weighted by Gasteiger charge is 1.92. The lowest BCUT2D eigenvalue weighted by Crippen LogP contribution is -1.84. The molecule has 2 rings (SSSR count). The van der Waals surface area contributed by atoms with E-state index in [1.54, 1.807) is 0 Å². The molecule has 0 bridgehead atoms. The van der Waals surface area contributed by atoms with Gasteiger partial charge in [-0.2, -0.15) is 0 Å². The normalized spacial score (nSPS) is 7.87. The third-order valence-corrected chi connectivity index (χ3v) is 1.82. The number of anilines is 1. The maximum absolute atomic E-state index is 6.50. The second-order valence-electron chi connectivity index (χ2n) is 2.57. The lowest BCUT2D eigenvalue weighted by atomic mass is 10.1. The number of nitrogens with two attached hydrogens (primary N) is 2. The molecule has 0 amide bonds. The van der Waals surface area contributed by atoms with E-state index in [1.807, 2.05) is 30.3 Å². The van der Waals surface area contributed by atoms with E-state index in [0.717, 1.165) is 11.1 Å². The summed E-state index contributed by atoms with van der Waals surface area (Å²) in [4.78, 5) is 0. The summed E-state index contributed by atoms with van der Waals surface area (Å²) < 4.78 is 0. The van der Waals surface area contributed by atoms with Crippen LogP contribution in [-0.2, 0) is 0 Å². The Labute approximate surface area is 101 Å². The molecule has 0 aliphatic heterocycles. The van der Waals surface area contributed by atoms with Crippen molar-refractivity contribution >= 4 is 41.3 Å². The predicted octanol–water partition coefficient (Wildman–Crippen LogP) is 2.60. The topological polar surface area (TPSA) is 72.3 Å². The molecule has 15 heavy (non-hydrogen) atoms. The van der Waals surface area contributed by atoms with Gasteiger partial charge in [0.25, 0.3) is 0 Å². The SMILES string of the molecule is Cl.Cl.NO.Nc1cccc2ccccc12. The number of hydrogen-bond acceptors (Lipinski definition) is 3. The zero-order valence-corrected chi connectivity index (χ0v) is 9.59. The van der Waals surface area contributed by atoms with Gasteiger partial charge in [-0.25, -0.2) is 5.90 Å². The van der Waals surface area contributed by atoms with Crippen molar-refractivity contribution in [3.63, 3.8) is 0 Å². The van der Waals surface area contributed by atoms with Gasteiger partial charge >= 0.3 is 0 Å². The van der Waals surface area contributed by atoms with E-state index in [1.165, 1.54) is 5.39 Å². The largest absolute Gasteiger partial charge is 0.398 e. The number of nitrogen functional groups attached to an aromatic ring is 1. The molecule has 0 atom stereocenters. The van der Waals surface area contributed by atoms with Crippen LogP contribution in [0.4, 0.5) is 5.69 Å². The van der Waals surface area contributed by atoms with Crippen LogP contribution in [-0.4, -0.2) is 5.21 Å². The average Bonchev–Trinajstić information content (AvgIpc) is 2.22. The standard InChI is InChI=1S/C10H9N.2ClH.H3NO/c11-10-7-3-5-8-4-1-2-6-9(8)10;;;1-2/h1-7H,11H2;2*1H;2H,1H2. The molecular formula is C10H14Cl2N2O. The van der Waals surface area contributed by atoms with E-state index in [0.29, 0.717) is 0 Å². The van der Waals surface area contributed by atoms with Crippen LogP contribution in [0.15, 0.2) is 42.5 Å². The lowest BCUT2D eigenvalue weighted by molar-refractivity contribution is 0.311. The maximum Gasteiger partial charge on any atom is 0.0393 e. The molecule has 3 nitrogen and oxygen atoms in total. The number of hydrogen-bond donors (Lipinski definition) is 3. The van der Waals surface area contributed by atoms with E-state index < -0.39 is 0 Å². The number of halogens is 2. The molecule has 0 aliphatic rings. The van der Waals surface area contributed by atoms with Gasteiger partial charge in [0.1, 0.15) is 0 Å². The Morgan fingerprint density at radius 3 is 1.93 bits per heavy atom. The first-order valence-corrected chi connectivity index (χ1v) is 3.87. The lowest BCUT2D eigenvalue weighted by Gasteiger charge is -1.98. The second-order valence-corrected chi connectivity index (χ2v) is 2.57. The van der Waals surface area contributed by atoms with Gasteiger partial charge in [0, 0.05) is 11.1 Å². The van der Waals surface area contributed by atoms with E-state index in [4.69, 9.17) is 10.9 Å². The van der Waals surface area contributed by atoms with Crippen LogP contribution in [0, 0.1) is 0 Å². The van der Waals surface area contributed by atoms with Crippen molar-refractivity contribution in [2.75, 3.05) is 5.73 Å². The second kappa shape index (κ2) is 8.32. The summed E-state index contributed by atoms with van der Waals surface area (Å²) in [7, 11) is 0. The fourth-order valence-corrected chi connectivity index (χ4v) is 1.25. The molecule has 0 fully saturated rings. The highest BCUT2D eigenvalue weighted by atomic mass is 35.5. The summed E-state index contributed by atoms with van der Waals surface area (Å²) in [5.74, 6) is 3.50. The van der Waals surface area contributed by atoms with Crippen LogP contribution in [0.2, 0.25) is 0 Å². The van der Waals surface area contributed by atoms with Crippen LogP contribution in [0.25, 0.3) is 10.8 Å². The number of rotatable bonds is 0. The fourth-order valence-electron chi connectivity index (χ4n) is 1.25. The Hall–Kier alpha value is -1.00. The number of benzene rings is 2. The molecule has 0 aromatic heterocycles. The first kappa shape index (κ1) is 16.4. The summed E-state index contributed by atoms with van der Waals surface area (Å²) in [5.41, 5.74) is 6.61. The fraction of sp³-hybridized carbons (Fsp3) is 0. The minimum atomic E-state index is 0. The summed E-state index contributed by atoms with van der Waals surface area (Å²) in [6, 6.07) is 14.1. The molecule has 0 saturated carbocycles. The Bertz CT molecular complexity index is 391. The van der Waals surface area contributed by atoms with Gasteiger partial charge in [-0.15, -0.1) is 24.8 Å². The maximum atomic E-state index is 6.50. The molecule has 2 aromatic rings. The summed E-state index contributed by atoms with van der Waals surface area (Å²) in [6.07, 6.45) is 0. The number of fused-ring (bicyclic) bond motifs is 1. The van der Waals surface area contributed by atoms with E-state index in [2.05, 4.69) is 18.0 Å². The van der Waals surface area contributed by atoms with Gasteiger partial charge in [-0.05, 0) is 11.5 Å². The summed E-state index contributed by atoms with van der Waals surface area (Å²) >= 11 is 0. The monoisotopic (exact) mass is 248 g/mol. The van der Waals surface area contributed by atoms with Crippen molar-refractivity contribution in [3.8, 4) is 0 Å². The summed E-state index contributed by atoms with van der Waals surface area (Å²) in [6.45, 7) is 0. The van der Waals surface area contributed by atoms with E-state index >= 15 is 0 Å². The molecule has 0 saturated heterocycles. The molecular weight excluding hydrogens is 235 g/mol. The van der Waals surface area contributed by atoms with Crippen molar-refractivity contribution in [2.45, 2.75) is 0 Å². The highest BCUT2D eigenvalue weighted by molar-refractivity contribution is 5.92. The molecule has 2 aromatic carbocycles. The van der Waals surface area contributed by atoms with Crippen LogP contribution in [0.1, 0.15) is 0 Å². The predicted molar refractivity (Wildman–Crippen MR) is 68.8 cm³/mol. The minimum Gasteiger partial charge on any atom is -0.398 e. The van der Waals surface area contributed by atoms with Crippen molar-refractivity contribution in [1.82, 2.24) is 0 Å². The zero-order valence-electron chi connectivity index (χ0n) is 7.96. The van der Waals surface area contributed by atoms with Gasteiger partial charge in [-0.1, -0.05) is 36.4 Å². The molecule has 0 unspecified atom stereocenters. The smallest absolute Gasteiger partial charge is 0.0393 e. The molecule has 5 heteroatoms. The zero-order chi connectivity index (χ0) is 9.68. The van der Waals surface area contributed by atoms with Gasteiger partial charge < -0.3 is 10.9 Å². The molecule has 0 spiro atoms. The molecule has 84 valence electrons. The van der Waals surface area contributed by atoms with Crippen molar-refractivity contribution < 1.29 is 5.21 Å². The van der Waals surface area contributed by atoms with Crippen molar-refractivity contribution in [1.29, 1.82) is 0 Å². The minimum absolute atomic E-state index is 0. The summed E-state index contributed by atoms with van der Waals surface area (Å²) in [5, 5.41) is 8.84. The van der Waals surface area contributed by atoms with E-state index in [9.17, 15) is 0 Å². The molecule has 0 aliphatic carbocycles. The van der Waals surface area contributed by atoms with Gasteiger partial charge in [0.2, 0.25) is 0 Å².